The van der Waals surface area contributed by atoms with Crippen molar-refractivity contribution in [3.63, 3.8) is 0 Å². The highest BCUT2D eigenvalue weighted by atomic mass is 16.2. The van der Waals surface area contributed by atoms with E-state index in [1.54, 1.807) is 0 Å². The third-order valence-corrected chi connectivity index (χ3v) is 7.14. The van der Waals surface area contributed by atoms with Gasteiger partial charge in [0.2, 0.25) is 6.41 Å². The Morgan fingerprint density at radius 3 is 2.06 bits per heavy atom. The van der Waals surface area contributed by atoms with Gasteiger partial charge in [0.15, 0.2) is 0 Å². The fourth-order valence-corrected chi connectivity index (χ4v) is 5.35. The Hall–Kier alpha value is -3.40. The average Bonchev–Trinajstić information content (AvgIpc) is 3.44. The van der Waals surface area contributed by atoms with Gasteiger partial charge in [-0.15, -0.1) is 0 Å². The number of nitrogens with zero attached hydrogens (tertiary/aromatic N) is 1. The minimum atomic E-state index is 0.266. The average molecular weight is 469 g/mol. The number of amides is 2. The van der Waals surface area contributed by atoms with E-state index in [1.165, 1.54) is 42.4 Å². The number of nitrogens with one attached hydrogen (secondary N) is 1. The van der Waals surface area contributed by atoms with E-state index < -0.39 is 0 Å². The van der Waals surface area contributed by atoms with Gasteiger partial charge in [0.25, 0.3) is 5.91 Å². The molecule has 1 saturated carbocycles. The second-order valence-corrected chi connectivity index (χ2v) is 9.50. The van der Waals surface area contributed by atoms with Crippen LogP contribution in [-0.4, -0.2) is 35.8 Å². The predicted octanol–water partition coefficient (Wildman–Crippen LogP) is 5.60. The first-order valence-corrected chi connectivity index (χ1v) is 12.9. The molecule has 4 nitrogen and oxygen atoms in total. The first-order chi connectivity index (χ1) is 17.3. The zero-order valence-electron chi connectivity index (χ0n) is 20.4. The second kappa shape index (κ2) is 12.9. The molecule has 1 aliphatic carbocycles. The molecule has 2 aliphatic rings. The van der Waals surface area contributed by atoms with Crippen LogP contribution >= 0.6 is 0 Å². The summed E-state index contributed by atoms with van der Waals surface area (Å²) in [4.78, 5) is 25.3. The Kier molecular flexibility index (Phi) is 9.11. The van der Waals surface area contributed by atoms with Gasteiger partial charge in [0, 0.05) is 24.2 Å². The molecule has 0 unspecified atom stereocenters. The standard InChI is InChI=1S/C22H25NO.C9H11NO/c24-22-21-13-7-4-10-18(21)16-20(23(22)19-11-5-6-12-19)15-14-17-8-2-1-3-9-17;11-8-10-7-6-9-4-2-1-3-5-9/h1-4,7-10,13,19-20H,5-6,11-12,14-16H2;1-5,8H,6-7H2,(H,10,11)/t20-;/m0./s1. The molecule has 35 heavy (non-hydrogen) atoms. The molecule has 182 valence electrons. The number of rotatable bonds is 8. The van der Waals surface area contributed by atoms with E-state index in [1.807, 2.05) is 42.5 Å². The monoisotopic (exact) mass is 468 g/mol. The Bertz CT molecular complexity index is 1060. The van der Waals surface area contributed by atoms with Crippen LogP contribution in [0.1, 0.15) is 59.2 Å². The zero-order chi connectivity index (χ0) is 24.3. The predicted molar refractivity (Wildman–Crippen MR) is 141 cm³/mol. The second-order valence-electron chi connectivity index (χ2n) is 9.50. The van der Waals surface area contributed by atoms with Gasteiger partial charge >= 0.3 is 0 Å². The molecule has 1 heterocycles. The van der Waals surface area contributed by atoms with E-state index in [4.69, 9.17) is 0 Å². The van der Waals surface area contributed by atoms with Crippen molar-refractivity contribution < 1.29 is 9.59 Å². The highest BCUT2D eigenvalue weighted by Gasteiger charge is 2.37. The van der Waals surface area contributed by atoms with E-state index in [-0.39, 0.29) is 5.91 Å². The number of hydrogen-bond acceptors (Lipinski definition) is 2. The lowest BCUT2D eigenvalue weighted by Crippen LogP contribution is -2.50. The summed E-state index contributed by atoms with van der Waals surface area (Å²) < 4.78 is 0. The molecule has 0 spiro atoms. The molecule has 3 aromatic carbocycles. The lowest BCUT2D eigenvalue weighted by Gasteiger charge is -2.41. The topological polar surface area (TPSA) is 49.4 Å². The molecule has 0 aromatic heterocycles. The van der Waals surface area contributed by atoms with Crippen molar-refractivity contribution in [3.05, 3.63) is 107 Å². The molecular weight excluding hydrogens is 432 g/mol. The Balaban J connectivity index is 0.000000221. The van der Waals surface area contributed by atoms with Crippen LogP contribution in [0.25, 0.3) is 0 Å². The van der Waals surface area contributed by atoms with Crippen molar-refractivity contribution >= 4 is 12.3 Å². The molecule has 1 aliphatic heterocycles. The number of fused-ring (bicyclic) bond motifs is 1. The van der Waals surface area contributed by atoms with Crippen molar-refractivity contribution in [2.45, 2.75) is 63.5 Å². The third kappa shape index (κ3) is 6.82. The Labute approximate surface area is 209 Å². The summed E-state index contributed by atoms with van der Waals surface area (Å²) in [6, 6.07) is 29.7. The summed E-state index contributed by atoms with van der Waals surface area (Å²) in [7, 11) is 0. The molecule has 1 fully saturated rings. The quantitative estimate of drug-likeness (QED) is 0.345. The van der Waals surface area contributed by atoms with Crippen LogP contribution in [0.3, 0.4) is 0 Å². The molecule has 1 N–H and O–H groups in total. The van der Waals surface area contributed by atoms with Crippen molar-refractivity contribution in [1.29, 1.82) is 0 Å². The van der Waals surface area contributed by atoms with Gasteiger partial charge in [-0.3, -0.25) is 9.59 Å². The van der Waals surface area contributed by atoms with Crippen molar-refractivity contribution in [2.75, 3.05) is 6.54 Å². The van der Waals surface area contributed by atoms with Gasteiger partial charge in [-0.1, -0.05) is 91.7 Å². The first-order valence-electron chi connectivity index (χ1n) is 12.9. The van der Waals surface area contributed by atoms with Gasteiger partial charge in [0.1, 0.15) is 0 Å². The maximum atomic E-state index is 13.2. The van der Waals surface area contributed by atoms with Crippen LogP contribution in [-0.2, 0) is 24.1 Å². The highest BCUT2D eigenvalue weighted by molar-refractivity contribution is 5.97. The molecule has 0 radical (unpaired) electrons. The van der Waals surface area contributed by atoms with Crippen LogP contribution in [0.4, 0.5) is 0 Å². The number of carbonyl (C=O) groups is 2. The van der Waals surface area contributed by atoms with Gasteiger partial charge in [-0.25, -0.2) is 0 Å². The lowest BCUT2D eigenvalue weighted by molar-refractivity contribution is -0.109. The van der Waals surface area contributed by atoms with Crippen molar-refractivity contribution in [2.24, 2.45) is 0 Å². The van der Waals surface area contributed by atoms with E-state index in [2.05, 4.69) is 52.7 Å². The molecule has 2 amide bonds. The van der Waals surface area contributed by atoms with E-state index in [0.29, 0.717) is 18.6 Å². The summed E-state index contributed by atoms with van der Waals surface area (Å²) in [5, 5.41) is 2.62. The summed E-state index contributed by atoms with van der Waals surface area (Å²) in [5.41, 5.74) is 4.78. The molecule has 0 bridgehead atoms. The lowest BCUT2D eigenvalue weighted by atomic mass is 9.88. The number of hydrogen-bond donors (Lipinski definition) is 1. The first kappa shape index (κ1) is 24.7. The number of carbonyl (C=O) groups excluding carboxylic acids is 2. The fraction of sp³-hybridized carbons (Fsp3) is 0.355. The molecule has 1 atom stereocenters. The van der Waals surface area contributed by atoms with Gasteiger partial charge < -0.3 is 10.2 Å². The summed E-state index contributed by atoms with van der Waals surface area (Å²) in [6.07, 6.45) is 9.62. The van der Waals surface area contributed by atoms with Crippen LogP contribution in [0.15, 0.2) is 84.9 Å². The fourth-order valence-electron chi connectivity index (χ4n) is 5.35. The third-order valence-electron chi connectivity index (χ3n) is 7.14. The number of benzene rings is 3. The smallest absolute Gasteiger partial charge is 0.254 e. The normalized spacial score (nSPS) is 17.3. The van der Waals surface area contributed by atoms with Gasteiger partial charge in [-0.05, 0) is 61.3 Å². The van der Waals surface area contributed by atoms with Crippen LogP contribution in [0.2, 0.25) is 0 Å². The zero-order valence-corrected chi connectivity index (χ0v) is 20.4. The molecule has 0 saturated heterocycles. The van der Waals surface area contributed by atoms with Crippen LogP contribution < -0.4 is 5.32 Å². The minimum Gasteiger partial charge on any atom is -0.358 e. The summed E-state index contributed by atoms with van der Waals surface area (Å²) in [5.74, 6) is 0.266. The molecular formula is C31H36N2O2. The molecule has 3 aromatic rings. The van der Waals surface area contributed by atoms with Crippen LogP contribution in [0, 0.1) is 0 Å². The van der Waals surface area contributed by atoms with Gasteiger partial charge in [0.05, 0.1) is 0 Å². The van der Waals surface area contributed by atoms with Crippen molar-refractivity contribution in [1.82, 2.24) is 10.2 Å². The largest absolute Gasteiger partial charge is 0.358 e. The highest BCUT2D eigenvalue weighted by Crippen LogP contribution is 2.33. The molecule has 4 heteroatoms. The summed E-state index contributed by atoms with van der Waals surface area (Å²) >= 11 is 0. The Morgan fingerprint density at radius 2 is 1.40 bits per heavy atom. The Morgan fingerprint density at radius 1 is 0.800 bits per heavy atom. The van der Waals surface area contributed by atoms with E-state index in [0.717, 1.165) is 37.7 Å². The summed E-state index contributed by atoms with van der Waals surface area (Å²) in [6.45, 7) is 0.716. The molecule has 5 rings (SSSR count). The van der Waals surface area contributed by atoms with E-state index >= 15 is 0 Å². The van der Waals surface area contributed by atoms with Crippen LogP contribution in [0.5, 0.6) is 0 Å². The van der Waals surface area contributed by atoms with Crippen molar-refractivity contribution in [3.8, 4) is 0 Å². The van der Waals surface area contributed by atoms with E-state index in [9.17, 15) is 9.59 Å². The minimum absolute atomic E-state index is 0.266. The van der Waals surface area contributed by atoms with Gasteiger partial charge in [-0.2, -0.15) is 0 Å². The maximum absolute atomic E-state index is 13.2. The maximum Gasteiger partial charge on any atom is 0.254 e. The SMILES string of the molecule is O=C1c2ccccc2C[C@H](CCc2ccccc2)N1C1CCCC1.O=CNCCc1ccccc1. The number of aryl methyl sites for hydroxylation is 1.